The van der Waals surface area contributed by atoms with Gasteiger partial charge in [-0.05, 0) is 19.1 Å². The lowest BCUT2D eigenvalue weighted by Crippen LogP contribution is -1.92. The van der Waals surface area contributed by atoms with E-state index < -0.39 is 0 Å². The van der Waals surface area contributed by atoms with Crippen LogP contribution >= 0.6 is 0 Å². The van der Waals surface area contributed by atoms with Gasteiger partial charge in [0.2, 0.25) is 6.79 Å². The van der Waals surface area contributed by atoms with Crippen molar-refractivity contribution in [1.82, 2.24) is 4.98 Å². The molecule has 136 valence electrons. The molecule has 6 rings (SSSR count). The number of hydrogen-bond acceptors (Lipinski definition) is 3. The maximum absolute atomic E-state index is 6.39. The molecule has 0 bridgehead atoms. The molecule has 4 heteroatoms. The number of aromatic nitrogens is 1. The number of hydrogen-bond donors (Lipinski definition) is 1. The summed E-state index contributed by atoms with van der Waals surface area (Å²) in [5.41, 5.74) is 6.30. The molecule has 0 amide bonds. The van der Waals surface area contributed by atoms with Crippen molar-refractivity contribution in [2.75, 3.05) is 6.79 Å². The smallest absolute Gasteiger partial charge is 0.231 e. The molecule has 0 unspecified atom stereocenters. The fourth-order valence-electron chi connectivity index (χ4n) is 4.13. The molecule has 4 nitrogen and oxygen atoms in total. The summed E-state index contributed by atoms with van der Waals surface area (Å²) in [6.45, 7) is 2.35. The third-order valence-corrected chi connectivity index (χ3v) is 5.36. The summed E-state index contributed by atoms with van der Waals surface area (Å²) < 4.78 is 17.6. The minimum absolute atomic E-state index is 0.245. The minimum atomic E-state index is 0.245. The second kappa shape index (κ2) is 5.67. The van der Waals surface area contributed by atoms with Crippen LogP contribution in [0.2, 0.25) is 0 Å². The number of aryl methyl sites for hydroxylation is 1. The second-order valence-electron chi connectivity index (χ2n) is 7.04. The number of ether oxygens (including phenoxy) is 2. The van der Waals surface area contributed by atoms with Crippen molar-refractivity contribution >= 4 is 21.9 Å². The van der Waals surface area contributed by atoms with E-state index in [-0.39, 0.29) is 6.79 Å². The minimum Gasteiger partial charge on any atom is -0.455 e. The van der Waals surface area contributed by atoms with E-state index in [4.69, 9.17) is 13.9 Å². The number of aromatic amines is 1. The van der Waals surface area contributed by atoms with Gasteiger partial charge < -0.3 is 18.9 Å². The standard InChI is InChI=1S/C24H17NO3/c1-14-22(16-9-5-6-10-18(16)25-14)23-17-11-20-21(27-13-26-20)12-19(17)28-24(23)15-7-3-2-4-8-15/h2-12,25H,13H2,1H3. The molecule has 2 aromatic heterocycles. The van der Waals surface area contributed by atoms with Crippen LogP contribution in [0.15, 0.2) is 71.1 Å². The Kier molecular flexibility index (Phi) is 3.12. The second-order valence-corrected chi connectivity index (χ2v) is 7.04. The van der Waals surface area contributed by atoms with Gasteiger partial charge in [-0.25, -0.2) is 0 Å². The van der Waals surface area contributed by atoms with Gasteiger partial charge in [0.15, 0.2) is 11.5 Å². The summed E-state index contributed by atoms with van der Waals surface area (Å²) in [5.74, 6) is 2.34. The first-order valence-corrected chi connectivity index (χ1v) is 9.29. The van der Waals surface area contributed by atoms with E-state index in [0.29, 0.717) is 0 Å². The highest BCUT2D eigenvalue weighted by molar-refractivity contribution is 6.10. The quantitative estimate of drug-likeness (QED) is 0.399. The Bertz CT molecular complexity index is 1350. The molecule has 0 aliphatic carbocycles. The van der Waals surface area contributed by atoms with Crippen LogP contribution in [0, 0.1) is 6.92 Å². The summed E-state index contributed by atoms with van der Waals surface area (Å²) >= 11 is 0. The third-order valence-electron chi connectivity index (χ3n) is 5.36. The molecule has 1 aliphatic heterocycles. The Morgan fingerprint density at radius 1 is 0.786 bits per heavy atom. The largest absolute Gasteiger partial charge is 0.455 e. The Morgan fingerprint density at radius 2 is 1.54 bits per heavy atom. The van der Waals surface area contributed by atoms with E-state index in [1.54, 1.807) is 0 Å². The van der Waals surface area contributed by atoms with Crippen molar-refractivity contribution in [1.29, 1.82) is 0 Å². The molecule has 0 radical (unpaired) electrons. The Hall–Kier alpha value is -3.66. The summed E-state index contributed by atoms with van der Waals surface area (Å²) in [7, 11) is 0. The topological polar surface area (TPSA) is 47.4 Å². The van der Waals surface area contributed by atoms with Gasteiger partial charge in [-0.2, -0.15) is 0 Å². The number of nitrogens with one attached hydrogen (secondary N) is 1. The van der Waals surface area contributed by atoms with Gasteiger partial charge in [0.25, 0.3) is 0 Å². The van der Waals surface area contributed by atoms with Crippen molar-refractivity contribution in [2.24, 2.45) is 0 Å². The number of H-pyrrole nitrogens is 1. The zero-order chi connectivity index (χ0) is 18.7. The predicted octanol–water partition coefficient (Wildman–Crippen LogP) is 6.29. The Labute approximate surface area is 161 Å². The normalized spacial score (nSPS) is 12.9. The van der Waals surface area contributed by atoms with E-state index in [0.717, 1.165) is 56.1 Å². The van der Waals surface area contributed by atoms with Crippen molar-refractivity contribution < 1.29 is 13.9 Å². The van der Waals surface area contributed by atoms with Crippen molar-refractivity contribution in [3.63, 3.8) is 0 Å². The SMILES string of the molecule is Cc1[nH]c2ccccc2c1-c1c(-c2ccccc2)oc2cc3c(cc12)OCO3. The number of para-hydroxylation sites is 1. The first kappa shape index (κ1) is 15.4. The van der Waals surface area contributed by atoms with E-state index in [2.05, 4.69) is 42.2 Å². The lowest BCUT2D eigenvalue weighted by molar-refractivity contribution is 0.174. The highest BCUT2D eigenvalue weighted by atomic mass is 16.7. The fourth-order valence-corrected chi connectivity index (χ4v) is 4.13. The molecule has 3 aromatic carbocycles. The van der Waals surface area contributed by atoms with Gasteiger partial charge >= 0.3 is 0 Å². The van der Waals surface area contributed by atoms with Crippen molar-refractivity contribution in [3.05, 3.63) is 72.4 Å². The number of furan rings is 1. The van der Waals surface area contributed by atoms with Crippen LogP contribution in [0.1, 0.15) is 5.69 Å². The van der Waals surface area contributed by atoms with E-state index in [9.17, 15) is 0 Å². The Balaban J connectivity index is 1.75. The van der Waals surface area contributed by atoms with Gasteiger partial charge in [-0.3, -0.25) is 0 Å². The van der Waals surface area contributed by atoms with Crippen molar-refractivity contribution in [3.8, 4) is 33.9 Å². The maximum atomic E-state index is 6.39. The van der Waals surface area contributed by atoms with E-state index >= 15 is 0 Å². The molecular weight excluding hydrogens is 350 g/mol. The monoisotopic (exact) mass is 367 g/mol. The fraction of sp³-hybridized carbons (Fsp3) is 0.0833. The number of fused-ring (bicyclic) bond motifs is 3. The first-order valence-electron chi connectivity index (χ1n) is 9.29. The molecular formula is C24H17NO3. The lowest BCUT2D eigenvalue weighted by Gasteiger charge is -2.05. The highest BCUT2D eigenvalue weighted by Gasteiger charge is 2.25. The third kappa shape index (κ3) is 2.12. The molecule has 3 heterocycles. The van der Waals surface area contributed by atoms with Gasteiger partial charge in [-0.15, -0.1) is 0 Å². The zero-order valence-corrected chi connectivity index (χ0v) is 15.3. The summed E-state index contributed by atoms with van der Waals surface area (Å²) in [6, 6.07) is 22.5. The van der Waals surface area contributed by atoms with Gasteiger partial charge in [0, 0.05) is 44.7 Å². The van der Waals surface area contributed by atoms with E-state index in [1.807, 2.05) is 36.4 Å². The molecule has 0 saturated carbocycles. The average molecular weight is 367 g/mol. The van der Waals surface area contributed by atoms with Gasteiger partial charge in [-0.1, -0.05) is 48.5 Å². The van der Waals surface area contributed by atoms with Gasteiger partial charge in [0.1, 0.15) is 11.3 Å². The zero-order valence-electron chi connectivity index (χ0n) is 15.3. The van der Waals surface area contributed by atoms with Crippen LogP contribution in [0.3, 0.4) is 0 Å². The van der Waals surface area contributed by atoms with Crippen LogP contribution < -0.4 is 9.47 Å². The summed E-state index contributed by atoms with van der Waals surface area (Å²) in [5, 5.41) is 2.20. The van der Waals surface area contributed by atoms with Crippen LogP contribution in [0.5, 0.6) is 11.5 Å². The molecule has 0 saturated heterocycles. The van der Waals surface area contributed by atoms with Crippen LogP contribution in [-0.2, 0) is 0 Å². The number of rotatable bonds is 2. The molecule has 28 heavy (non-hydrogen) atoms. The van der Waals surface area contributed by atoms with Gasteiger partial charge in [0.05, 0.1) is 0 Å². The molecule has 0 spiro atoms. The molecule has 1 N–H and O–H groups in total. The van der Waals surface area contributed by atoms with Crippen LogP contribution in [0.4, 0.5) is 0 Å². The summed E-state index contributed by atoms with van der Waals surface area (Å²) in [6.07, 6.45) is 0. The molecule has 1 aliphatic rings. The average Bonchev–Trinajstić information content (AvgIpc) is 3.41. The van der Waals surface area contributed by atoms with Crippen LogP contribution in [0.25, 0.3) is 44.3 Å². The predicted molar refractivity (Wildman–Crippen MR) is 110 cm³/mol. The maximum Gasteiger partial charge on any atom is 0.231 e. The number of benzene rings is 3. The lowest BCUT2D eigenvalue weighted by atomic mass is 9.96. The Morgan fingerprint density at radius 3 is 2.39 bits per heavy atom. The summed E-state index contributed by atoms with van der Waals surface area (Å²) in [4.78, 5) is 3.51. The van der Waals surface area contributed by atoms with Crippen molar-refractivity contribution in [2.45, 2.75) is 6.92 Å². The molecule has 5 aromatic rings. The van der Waals surface area contributed by atoms with E-state index in [1.165, 1.54) is 5.39 Å². The molecule has 0 atom stereocenters. The highest BCUT2D eigenvalue weighted by Crippen LogP contribution is 2.48. The van der Waals surface area contributed by atoms with Crippen LogP contribution in [-0.4, -0.2) is 11.8 Å². The first-order chi connectivity index (χ1) is 13.8. The molecule has 0 fully saturated rings.